The van der Waals surface area contributed by atoms with E-state index in [9.17, 15) is 18.0 Å². The van der Waals surface area contributed by atoms with Crippen molar-refractivity contribution < 1.29 is 22.7 Å². The zero-order valence-electron chi connectivity index (χ0n) is 19.9. The number of thiazole rings is 1. The Kier molecular flexibility index (Phi) is 8.05. The van der Waals surface area contributed by atoms with Gasteiger partial charge in [-0.1, -0.05) is 17.7 Å². The second kappa shape index (κ2) is 11.6. The van der Waals surface area contributed by atoms with E-state index >= 15 is 0 Å². The zero-order valence-corrected chi connectivity index (χ0v) is 21.5. The molecule has 1 fully saturated rings. The van der Waals surface area contributed by atoms with E-state index in [1.54, 1.807) is 23.1 Å². The average Bonchev–Trinajstić information content (AvgIpc) is 3.59. The fourth-order valence-corrected chi connectivity index (χ4v) is 5.71. The Morgan fingerprint density at radius 1 is 1.26 bits per heavy atom. The van der Waals surface area contributed by atoms with Gasteiger partial charge in [-0.05, 0) is 44.0 Å². The number of alkyl halides is 2. The standard InChI is InChI=1S/C24H23ClF3N7O2S/c25-15-2-1-3-16(26)20(15)24(36)30-8-17(22-21(23(27)28)31-13-38-22)34-6-4-14(5-7-34)11-37-19-10-29-9-18-33-32-12-35(18)19/h1-3,9-10,12-14,17,23H,4-8,11H2,(H,30,36). The van der Waals surface area contributed by atoms with E-state index in [4.69, 9.17) is 16.3 Å². The molecule has 200 valence electrons. The number of carbonyl (C=O) groups excluding carboxylic acids is 1. The van der Waals surface area contributed by atoms with Crippen LogP contribution in [0, 0.1) is 11.7 Å². The highest BCUT2D eigenvalue weighted by Gasteiger charge is 2.32. The maximum Gasteiger partial charge on any atom is 0.281 e. The van der Waals surface area contributed by atoms with Crippen LogP contribution in [0.15, 0.2) is 42.4 Å². The molecule has 4 aromatic rings. The Hall–Kier alpha value is -3.29. The van der Waals surface area contributed by atoms with Gasteiger partial charge in [-0.3, -0.25) is 14.7 Å². The molecule has 1 N–H and O–H groups in total. The van der Waals surface area contributed by atoms with Gasteiger partial charge in [-0.2, -0.15) is 0 Å². The quantitative estimate of drug-likeness (QED) is 0.317. The first-order valence-corrected chi connectivity index (χ1v) is 13.1. The Morgan fingerprint density at radius 3 is 2.84 bits per heavy atom. The summed E-state index contributed by atoms with van der Waals surface area (Å²) in [7, 11) is 0. The van der Waals surface area contributed by atoms with Crippen LogP contribution in [0.25, 0.3) is 5.65 Å². The molecule has 0 aliphatic carbocycles. The molecule has 4 heterocycles. The first kappa shape index (κ1) is 26.3. The summed E-state index contributed by atoms with van der Waals surface area (Å²) in [6, 6.07) is 3.41. The predicted molar refractivity (Wildman–Crippen MR) is 134 cm³/mol. The van der Waals surface area contributed by atoms with Crippen molar-refractivity contribution in [1.82, 2.24) is 34.8 Å². The van der Waals surface area contributed by atoms with Gasteiger partial charge in [0.1, 0.15) is 17.8 Å². The van der Waals surface area contributed by atoms with Gasteiger partial charge in [0, 0.05) is 6.54 Å². The lowest BCUT2D eigenvalue weighted by molar-refractivity contribution is 0.0866. The average molecular weight is 566 g/mol. The Balaban J connectivity index is 1.26. The van der Waals surface area contributed by atoms with E-state index in [0.29, 0.717) is 36.1 Å². The minimum Gasteiger partial charge on any atom is -0.477 e. The largest absolute Gasteiger partial charge is 0.477 e. The number of likely N-dealkylation sites (tertiary alicyclic amines) is 1. The molecule has 0 spiro atoms. The van der Waals surface area contributed by atoms with Crippen LogP contribution in [0.1, 0.15) is 46.2 Å². The molecule has 14 heteroatoms. The van der Waals surface area contributed by atoms with Crippen LogP contribution in [0.3, 0.4) is 0 Å². The first-order valence-electron chi connectivity index (χ1n) is 11.9. The van der Waals surface area contributed by atoms with Crippen LogP contribution in [-0.4, -0.2) is 61.6 Å². The molecule has 1 atom stereocenters. The number of aromatic nitrogens is 5. The molecule has 1 aliphatic heterocycles. The van der Waals surface area contributed by atoms with Crippen LogP contribution < -0.4 is 10.1 Å². The van der Waals surface area contributed by atoms with Gasteiger partial charge >= 0.3 is 0 Å². The Morgan fingerprint density at radius 2 is 2.08 bits per heavy atom. The fraction of sp³-hybridized carbons (Fsp3) is 0.375. The molecule has 0 bridgehead atoms. The summed E-state index contributed by atoms with van der Waals surface area (Å²) in [5.41, 5.74) is 1.37. The summed E-state index contributed by atoms with van der Waals surface area (Å²) in [4.78, 5) is 23.1. The van der Waals surface area contributed by atoms with Crippen molar-refractivity contribution in [2.45, 2.75) is 25.3 Å². The van der Waals surface area contributed by atoms with Crippen molar-refractivity contribution in [1.29, 1.82) is 0 Å². The summed E-state index contributed by atoms with van der Waals surface area (Å²) >= 11 is 7.14. The minimum absolute atomic E-state index is 0.00608. The van der Waals surface area contributed by atoms with Crippen molar-refractivity contribution in [3.05, 3.63) is 69.4 Å². The number of piperidine rings is 1. The van der Waals surface area contributed by atoms with E-state index in [1.165, 1.54) is 17.6 Å². The fourth-order valence-electron chi connectivity index (χ4n) is 4.53. The van der Waals surface area contributed by atoms with Gasteiger partial charge in [0.05, 0.1) is 46.0 Å². The Labute approximate surface area is 224 Å². The number of rotatable bonds is 9. The van der Waals surface area contributed by atoms with E-state index in [2.05, 4.69) is 25.5 Å². The molecule has 0 saturated carbocycles. The van der Waals surface area contributed by atoms with Crippen LogP contribution >= 0.6 is 22.9 Å². The van der Waals surface area contributed by atoms with Gasteiger partial charge < -0.3 is 10.1 Å². The van der Waals surface area contributed by atoms with Gasteiger partial charge in [-0.15, -0.1) is 21.5 Å². The number of benzene rings is 1. The van der Waals surface area contributed by atoms with Crippen LogP contribution in [0.2, 0.25) is 5.02 Å². The monoisotopic (exact) mass is 565 g/mol. The highest BCUT2D eigenvalue weighted by molar-refractivity contribution is 7.09. The number of amides is 1. The van der Waals surface area contributed by atoms with Crippen molar-refractivity contribution in [3.63, 3.8) is 0 Å². The number of halogens is 4. The van der Waals surface area contributed by atoms with E-state index in [-0.39, 0.29) is 28.7 Å². The topological polar surface area (TPSA) is 97.5 Å². The lowest BCUT2D eigenvalue weighted by Gasteiger charge is -2.37. The maximum absolute atomic E-state index is 14.2. The van der Waals surface area contributed by atoms with Crippen molar-refractivity contribution >= 4 is 34.5 Å². The zero-order chi connectivity index (χ0) is 26.6. The third-order valence-electron chi connectivity index (χ3n) is 6.52. The van der Waals surface area contributed by atoms with Gasteiger partial charge in [0.2, 0.25) is 5.88 Å². The van der Waals surface area contributed by atoms with Gasteiger partial charge in [0.15, 0.2) is 5.65 Å². The van der Waals surface area contributed by atoms with E-state index in [1.807, 2.05) is 4.90 Å². The van der Waals surface area contributed by atoms with Crippen LogP contribution in [0.4, 0.5) is 13.2 Å². The summed E-state index contributed by atoms with van der Waals surface area (Å²) in [6.45, 7) is 1.62. The van der Waals surface area contributed by atoms with Crippen molar-refractivity contribution in [3.8, 4) is 5.88 Å². The molecule has 38 heavy (non-hydrogen) atoms. The van der Waals surface area contributed by atoms with Gasteiger partial charge in [0.25, 0.3) is 12.3 Å². The molecular formula is C24H23ClF3N7O2S. The SMILES string of the molecule is O=C(NCC(c1scnc1C(F)F)N1CCC(COc2cncc3nncn23)CC1)c1c(F)cccc1Cl. The number of hydrogen-bond donors (Lipinski definition) is 1. The third-order valence-corrected chi connectivity index (χ3v) is 7.78. The molecule has 1 aromatic carbocycles. The number of ether oxygens (including phenoxy) is 1. The molecule has 1 amide bonds. The highest BCUT2D eigenvalue weighted by Crippen LogP contribution is 2.35. The molecule has 1 unspecified atom stereocenters. The van der Waals surface area contributed by atoms with Gasteiger partial charge in [-0.25, -0.2) is 22.6 Å². The van der Waals surface area contributed by atoms with Crippen LogP contribution in [0.5, 0.6) is 5.88 Å². The summed E-state index contributed by atoms with van der Waals surface area (Å²) < 4.78 is 49.3. The molecule has 1 aliphatic rings. The minimum atomic E-state index is -2.75. The molecular weight excluding hydrogens is 543 g/mol. The number of nitrogens with one attached hydrogen (secondary N) is 1. The number of nitrogens with zero attached hydrogens (tertiary/aromatic N) is 6. The second-order valence-corrected chi connectivity index (χ2v) is 10.1. The molecule has 9 nitrogen and oxygen atoms in total. The first-order chi connectivity index (χ1) is 18.4. The molecule has 5 rings (SSSR count). The van der Waals surface area contributed by atoms with Crippen molar-refractivity contribution in [2.24, 2.45) is 5.92 Å². The van der Waals surface area contributed by atoms with E-state index < -0.39 is 24.2 Å². The summed E-state index contributed by atoms with van der Waals surface area (Å²) in [6.07, 6.45) is 3.48. The van der Waals surface area contributed by atoms with Crippen LogP contribution in [-0.2, 0) is 0 Å². The summed E-state index contributed by atoms with van der Waals surface area (Å²) in [5.74, 6) is -0.702. The Bertz CT molecular complexity index is 1390. The number of hydrogen-bond acceptors (Lipinski definition) is 8. The molecule has 1 saturated heterocycles. The maximum atomic E-state index is 14.2. The second-order valence-electron chi connectivity index (χ2n) is 8.82. The van der Waals surface area contributed by atoms with Crippen molar-refractivity contribution in [2.75, 3.05) is 26.2 Å². The normalized spacial score (nSPS) is 15.7. The number of carbonyl (C=O) groups is 1. The highest BCUT2D eigenvalue weighted by atomic mass is 35.5. The third kappa shape index (κ3) is 5.59. The molecule has 0 radical (unpaired) electrons. The summed E-state index contributed by atoms with van der Waals surface area (Å²) in [5, 5.41) is 10.5. The predicted octanol–water partition coefficient (Wildman–Crippen LogP) is 4.57. The molecule has 3 aromatic heterocycles. The number of fused-ring (bicyclic) bond motifs is 1. The lowest BCUT2D eigenvalue weighted by Crippen LogP contribution is -2.43. The lowest BCUT2D eigenvalue weighted by atomic mass is 9.96. The van der Waals surface area contributed by atoms with E-state index in [0.717, 1.165) is 30.2 Å². The smallest absolute Gasteiger partial charge is 0.281 e.